The van der Waals surface area contributed by atoms with Crippen molar-refractivity contribution in [3.05, 3.63) is 35.4 Å². The third-order valence-corrected chi connectivity index (χ3v) is 7.40. The minimum Gasteiger partial charge on any atom is -0.478 e. The summed E-state index contributed by atoms with van der Waals surface area (Å²) in [6.07, 6.45) is 3.31. The highest BCUT2D eigenvalue weighted by Gasteiger charge is 2.36. The average Bonchev–Trinajstić information content (AvgIpc) is 2.68. The van der Waals surface area contributed by atoms with Crippen molar-refractivity contribution in [2.75, 3.05) is 33.3 Å². The van der Waals surface area contributed by atoms with Crippen molar-refractivity contribution in [3.8, 4) is 0 Å². The Hall–Kier alpha value is -1.48. The molecule has 2 heterocycles. The van der Waals surface area contributed by atoms with E-state index in [1.165, 1.54) is 0 Å². The number of carbonyl (C=O) groups is 1. The Morgan fingerprint density at radius 2 is 1.73 bits per heavy atom. The van der Waals surface area contributed by atoms with Crippen LogP contribution < -0.4 is 0 Å². The number of carboxylic acids is 1. The number of rotatable bonds is 5. The Morgan fingerprint density at radius 3 is 2.31 bits per heavy atom. The van der Waals surface area contributed by atoms with Crippen molar-refractivity contribution in [2.45, 2.75) is 37.7 Å². The summed E-state index contributed by atoms with van der Waals surface area (Å²) in [7, 11) is -1.80. The van der Waals surface area contributed by atoms with Gasteiger partial charge in [-0.3, -0.25) is 0 Å². The molecule has 3 rings (SSSR count). The van der Waals surface area contributed by atoms with Crippen LogP contribution in [-0.2, 0) is 14.9 Å². The van der Waals surface area contributed by atoms with Gasteiger partial charge in [-0.25, -0.2) is 4.79 Å². The van der Waals surface area contributed by atoms with E-state index in [0.29, 0.717) is 26.2 Å². The van der Waals surface area contributed by atoms with Gasteiger partial charge < -0.3 is 9.84 Å². The molecular weight excluding hydrogens is 356 g/mol. The first-order valence-electron chi connectivity index (χ1n) is 9.03. The lowest BCUT2D eigenvalue weighted by atomic mass is 9.91. The van der Waals surface area contributed by atoms with Gasteiger partial charge in [-0.1, -0.05) is 12.1 Å². The van der Waals surface area contributed by atoms with E-state index in [2.05, 4.69) is 0 Å². The van der Waals surface area contributed by atoms with Crippen LogP contribution in [0.5, 0.6) is 0 Å². The van der Waals surface area contributed by atoms with Gasteiger partial charge in [0.15, 0.2) is 0 Å². The molecule has 0 saturated carbocycles. The summed E-state index contributed by atoms with van der Waals surface area (Å²) in [4.78, 5) is 11.0. The summed E-state index contributed by atoms with van der Waals surface area (Å²) < 4.78 is 34.5. The van der Waals surface area contributed by atoms with Crippen molar-refractivity contribution in [2.24, 2.45) is 0 Å². The molecule has 1 aromatic rings. The smallest absolute Gasteiger partial charge is 0.335 e. The third-order valence-electron chi connectivity index (χ3n) is 5.40. The monoisotopic (exact) mass is 382 g/mol. The molecule has 1 aromatic carbocycles. The van der Waals surface area contributed by atoms with Crippen LogP contribution in [-0.4, -0.2) is 67.5 Å². The minimum absolute atomic E-state index is 0.0953. The first-order chi connectivity index (χ1) is 12.4. The minimum atomic E-state index is -3.46. The van der Waals surface area contributed by atoms with Gasteiger partial charge in [0.05, 0.1) is 11.7 Å². The predicted molar refractivity (Wildman–Crippen MR) is 97.5 cm³/mol. The third kappa shape index (κ3) is 4.09. The molecular formula is C18H26N2O5S. The molecule has 2 saturated heterocycles. The number of methoxy groups -OCH3 is 1. The molecule has 2 fully saturated rings. The van der Waals surface area contributed by atoms with Gasteiger partial charge in [-0.05, 0) is 49.3 Å². The molecule has 2 aliphatic rings. The van der Waals surface area contributed by atoms with Gasteiger partial charge in [-0.2, -0.15) is 17.0 Å². The van der Waals surface area contributed by atoms with Crippen LogP contribution in [0.15, 0.2) is 24.3 Å². The Morgan fingerprint density at radius 1 is 1.08 bits per heavy atom. The summed E-state index contributed by atoms with van der Waals surface area (Å²) >= 11 is 0. The maximum absolute atomic E-state index is 13.0. The van der Waals surface area contributed by atoms with Gasteiger partial charge in [0, 0.05) is 33.3 Å². The zero-order valence-electron chi connectivity index (χ0n) is 15.0. The van der Waals surface area contributed by atoms with Crippen molar-refractivity contribution in [1.82, 2.24) is 8.61 Å². The molecule has 8 heteroatoms. The van der Waals surface area contributed by atoms with E-state index in [1.807, 2.05) is 0 Å². The van der Waals surface area contributed by atoms with E-state index < -0.39 is 16.2 Å². The molecule has 0 radical (unpaired) electrons. The first kappa shape index (κ1) is 19.3. The van der Waals surface area contributed by atoms with Crippen LogP contribution >= 0.6 is 0 Å². The maximum atomic E-state index is 13.0. The second-order valence-electron chi connectivity index (χ2n) is 6.97. The highest BCUT2D eigenvalue weighted by atomic mass is 32.2. The van der Waals surface area contributed by atoms with Crippen LogP contribution in [0.25, 0.3) is 0 Å². The Bertz CT molecular complexity index is 726. The lowest BCUT2D eigenvalue weighted by Gasteiger charge is -2.38. The SMILES string of the molecule is COC1CCN(S(=O)(=O)N2CCCC(c3ccc(C(=O)O)cc3)C2)CC1. The fraction of sp³-hybridized carbons (Fsp3) is 0.611. The van der Waals surface area contributed by atoms with Gasteiger partial charge in [0.2, 0.25) is 0 Å². The van der Waals surface area contributed by atoms with Crippen molar-refractivity contribution in [1.29, 1.82) is 0 Å². The molecule has 7 nitrogen and oxygen atoms in total. The summed E-state index contributed by atoms with van der Waals surface area (Å²) in [6, 6.07) is 6.77. The van der Waals surface area contributed by atoms with Crippen LogP contribution in [0.2, 0.25) is 0 Å². The summed E-state index contributed by atoms with van der Waals surface area (Å²) in [5.41, 5.74) is 1.24. The van der Waals surface area contributed by atoms with Crippen LogP contribution in [0.4, 0.5) is 0 Å². The summed E-state index contributed by atoms with van der Waals surface area (Å²) in [6.45, 7) is 1.97. The second-order valence-corrected chi connectivity index (χ2v) is 8.89. The molecule has 0 aromatic heterocycles. The normalized spacial score (nSPS) is 23.8. The maximum Gasteiger partial charge on any atom is 0.335 e. The Labute approximate surface area is 154 Å². The molecule has 0 amide bonds. The fourth-order valence-electron chi connectivity index (χ4n) is 3.78. The molecule has 144 valence electrons. The quantitative estimate of drug-likeness (QED) is 0.841. The van der Waals surface area contributed by atoms with Gasteiger partial charge in [0.25, 0.3) is 10.2 Å². The molecule has 0 aliphatic carbocycles. The topological polar surface area (TPSA) is 87.2 Å². The van der Waals surface area contributed by atoms with E-state index in [9.17, 15) is 13.2 Å². The molecule has 2 aliphatic heterocycles. The molecule has 0 spiro atoms. The number of piperidine rings is 2. The zero-order valence-corrected chi connectivity index (χ0v) is 15.8. The Balaban J connectivity index is 1.68. The van der Waals surface area contributed by atoms with E-state index >= 15 is 0 Å². The highest BCUT2D eigenvalue weighted by molar-refractivity contribution is 7.86. The predicted octanol–water partition coefficient (Wildman–Crippen LogP) is 1.92. The zero-order chi connectivity index (χ0) is 18.7. The fourth-order valence-corrected chi connectivity index (χ4v) is 5.51. The standard InChI is InChI=1S/C18H26N2O5S/c1-25-17-8-11-19(12-9-17)26(23,24)20-10-2-3-16(13-20)14-4-6-15(7-5-14)18(21)22/h4-7,16-17H,2-3,8-13H2,1H3,(H,21,22). The van der Waals surface area contributed by atoms with E-state index in [4.69, 9.17) is 9.84 Å². The Kier molecular flexibility index (Phi) is 5.96. The molecule has 1 atom stereocenters. The summed E-state index contributed by atoms with van der Waals surface area (Å²) in [5, 5.41) is 9.01. The number of hydrogen-bond acceptors (Lipinski definition) is 4. The number of hydrogen-bond donors (Lipinski definition) is 1. The largest absolute Gasteiger partial charge is 0.478 e. The van der Waals surface area contributed by atoms with E-state index in [-0.39, 0.29) is 17.6 Å². The lowest BCUT2D eigenvalue weighted by molar-refractivity contribution is 0.0588. The van der Waals surface area contributed by atoms with E-state index in [0.717, 1.165) is 31.2 Å². The van der Waals surface area contributed by atoms with E-state index in [1.54, 1.807) is 40.0 Å². The van der Waals surface area contributed by atoms with Gasteiger partial charge in [-0.15, -0.1) is 0 Å². The number of ether oxygens (including phenoxy) is 1. The molecule has 1 N–H and O–H groups in total. The van der Waals surface area contributed by atoms with Crippen molar-refractivity contribution >= 4 is 16.2 Å². The number of nitrogens with zero attached hydrogens (tertiary/aromatic N) is 2. The van der Waals surface area contributed by atoms with Gasteiger partial charge in [0.1, 0.15) is 0 Å². The number of aromatic carboxylic acids is 1. The van der Waals surface area contributed by atoms with Gasteiger partial charge >= 0.3 is 5.97 Å². The molecule has 26 heavy (non-hydrogen) atoms. The average molecular weight is 382 g/mol. The number of carboxylic acid groups (broad SMARTS) is 1. The molecule has 0 bridgehead atoms. The highest BCUT2D eigenvalue weighted by Crippen LogP contribution is 2.30. The van der Waals surface area contributed by atoms with Crippen LogP contribution in [0.3, 0.4) is 0 Å². The lowest BCUT2D eigenvalue weighted by Crippen LogP contribution is -2.50. The van der Waals surface area contributed by atoms with Crippen LogP contribution in [0, 0.1) is 0 Å². The van der Waals surface area contributed by atoms with Crippen LogP contribution in [0.1, 0.15) is 47.5 Å². The molecule has 1 unspecified atom stereocenters. The summed E-state index contributed by atoms with van der Waals surface area (Å²) in [5.74, 6) is -0.859. The first-order valence-corrected chi connectivity index (χ1v) is 10.4. The van der Waals surface area contributed by atoms with Crippen molar-refractivity contribution < 1.29 is 23.1 Å². The number of benzene rings is 1. The second kappa shape index (κ2) is 8.04. The van der Waals surface area contributed by atoms with Crippen molar-refractivity contribution in [3.63, 3.8) is 0 Å².